The van der Waals surface area contributed by atoms with Crippen LogP contribution in [-0.2, 0) is 23.9 Å². The molecule has 0 fully saturated rings. The van der Waals surface area contributed by atoms with Crippen LogP contribution in [0.2, 0.25) is 0 Å². The molecule has 1 unspecified atom stereocenters. The Bertz CT molecular complexity index is 590. The van der Waals surface area contributed by atoms with Gasteiger partial charge in [0.15, 0.2) is 0 Å². The molecule has 0 N–H and O–H groups in total. The van der Waals surface area contributed by atoms with Crippen molar-refractivity contribution in [1.29, 1.82) is 0 Å². The van der Waals surface area contributed by atoms with Crippen molar-refractivity contribution in [2.24, 2.45) is 11.8 Å². The maximum Gasteiger partial charge on any atom is 0.308 e. The largest absolute Gasteiger partial charge is 0.464 e. The monoisotopic (exact) mass is 509 g/mol. The minimum Gasteiger partial charge on any atom is -0.464 e. The van der Waals surface area contributed by atoms with Crippen LogP contribution in [0.4, 0.5) is 0 Å². The molecule has 0 bridgehead atoms. The number of nitrogens with zero attached hydrogens (tertiary/aromatic N) is 1. The number of rotatable bonds is 24. The van der Waals surface area contributed by atoms with Gasteiger partial charge < -0.3 is 14.4 Å². The summed E-state index contributed by atoms with van der Waals surface area (Å²) in [6, 6.07) is 0. The minimum absolute atomic E-state index is 0.0664. The van der Waals surface area contributed by atoms with Crippen LogP contribution in [-0.4, -0.2) is 49.0 Å². The molecule has 1 atom stereocenters. The van der Waals surface area contributed by atoms with E-state index in [-0.39, 0.29) is 50.1 Å². The molecule has 1 amide bonds. The molecule has 0 heterocycles. The Morgan fingerprint density at radius 2 is 1.28 bits per heavy atom. The normalized spacial score (nSPS) is 11.8. The second-order valence-corrected chi connectivity index (χ2v) is 10.3. The lowest BCUT2D eigenvalue weighted by atomic mass is 9.95. The minimum atomic E-state index is -0.258. The summed E-state index contributed by atoms with van der Waals surface area (Å²) < 4.78 is 10.9. The van der Waals surface area contributed by atoms with Gasteiger partial charge in [0.2, 0.25) is 5.91 Å². The zero-order valence-corrected chi connectivity index (χ0v) is 23.9. The van der Waals surface area contributed by atoms with Crippen molar-refractivity contribution < 1.29 is 23.9 Å². The van der Waals surface area contributed by atoms with Gasteiger partial charge in [-0.25, -0.2) is 0 Å². The molecule has 0 aliphatic rings. The van der Waals surface area contributed by atoms with Gasteiger partial charge in [-0.1, -0.05) is 105 Å². The van der Waals surface area contributed by atoms with Gasteiger partial charge in [-0.15, -0.1) is 0 Å². The third-order valence-electron chi connectivity index (χ3n) is 6.52. The van der Waals surface area contributed by atoms with E-state index in [0.29, 0.717) is 6.42 Å². The SMILES string of the molecule is C=CC(=O)N(CCOC(=O)CCCCCCC(C)C)CCOC(=O)C(CCCCC)CCCCCC. The van der Waals surface area contributed by atoms with Gasteiger partial charge in [0.05, 0.1) is 19.0 Å². The van der Waals surface area contributed by atoms with Crippen LogP contribution in [0.25, 0.3) is 0 Å². The fourth-order valence-electron chi connectivity index (χ4n) is 4.19. The third kappa shape index (κ3) is 19.4. The molecule has 0 saturated heterocycles. The molecule has 0 aromatic heterocycles. The van der Waals surface area contributed by atoms with Gasteiger partial charge in [-0.05, 0) is 31.3 Å². The predicted octanol–water partition coefficient (Wildman–Crippen LogP) is 7.25. The number of esters is 2. The standard InChI is InChI=1S/C30H55NO5/c1-6-9-11-16-20-27(19-14-10-7-2)30(34)36-25-23-31(28(32)8-3)22-24-35-29(33)21-17-13-12-15-18-26(4)5/h8,26-27H,3,6-7,9-25H2,1-2,4-5H3. The van der Waals surface area contributed by atoms with E-state index < -0.39 is 0 Å². The molecule has 6 nitrogen and oxygen atoms in total. The highest BCUT2D eigenvalue weighted by Gasteiger charge is 2.20. The maximum absolute atomic E-state index is 12.7. The first-order valence-electron chi connectivity index (χ1n) is 14.6. The molecule has 36 heavy (non-hydrogen) atoms. The van der Waals surface area contributed by atoms with Crippen LogP contribution in [0.1, 0.15) is 124 Å². The Labute approximate surface area is 221 Å². The molecule has 0 aromatic carbocycles. The van der Waals surface area contributed by atoms with Crippen LogP contribution >= 0.6 is 0 Å². The van der Waals surface area contributed by atoms with Crippen LogP contribution in [0.15, 0.2) is 12.7 Å². The van der Waals surface area contributed by atoms with Crippen molar-refractivity contribution in [1.82, 2.24) is 4.90 Å². The summed E-state index contributed by atoms with van der Waals surface area (Å²) in [5, 5.41) is 0. The highest BCUT2D eigenvalue weighted by molar-refractivity contribution is 5.87. The molecular formula is C30H55NO5. The van der Waals surface area contributed by atoms with Crippen molar-refractivity contribution in [3.8, 4) is 0 Å². The summed E-state index contributed by atoms with van der Waals surface area (Å²) in [6.07, 6.45) is 16.7. The second kappa shape index (κ2) is 23.5. The van der Waals surface area contributed by atoms with Gasteiger partial charge >= 0.3 is 11.9 Å². The van der Waals surface area contributed by atoms with Gasteiger partial charge in [-0.3, -0.25) is 14.4 Å². The molecule has 0 radical (unpaired) electrons. The van der Waals surface area contributed by atoms with Crippen molar-refractivity contribution in [3.63, 3.8) is 0 Å². The van der Waals surface area contributed by atoms with Crippen molar-refractivity contribution in [2.75, 3.05) is 26.3 Å². The molecule has 0 saturated carbocycles. The maximum atomic E-state index is 12.7. The van der Waals surface area contributed by atoms with E-state index in [1.54, 1.807) is 0 Å². The summed E-state index contributed by atoms with van der Waals surface area (Å²) >= 11 is 0. The average Bonchev–Trinajstić information content (AvgIpc) is 2.85. The van der Waals surface area contributed by atoms with Gasteiger partial charge in [0.25, 0.3) is 0 Å². The predicted molar refractivity (Wildman–Crippen MR) is 148 cm³/mol. The first kappa shape index (κ1) is 34.1. The Morgan fingerprint density at radius 3 is 1.89 bits per heavy atom. The van der Waals surface area contributed by atoms with Crippen LogP contribution in [0.5, 0.6) is 0 Å². The fraction of sp³-hybridized carbons (Fsp3) is 0.833. The quantitative estimate of drug-likeness (QED) is 0.0778. The molecule has 0 aromatic rings. The molecule has 0 aliphatic carbocycles. The molecule has 6 heteroatoms. The Kier molecular flexibility index (Phi) is 22.3. The zero-order chi connectivity index (χ0) is 27.0. The zero-order valence-electron chi connectivity index (χ0n) is 23.9. The van der Waals surface area contributed by atoms with Crippen LogP contribution in [0, 0.1) is 11.8 Å². The lowest BCUT2D eigenvalue weighted by molar-refractivity contribution is -0.150. The van der Waals surface area contributed by atoms with Crippen molar-refractivity contribution >= 4 is 17.8 Å². The number of hydrogen-bond donors (Lipinski definition) is 0. The summed E-state index contributed by atoms with van der Waals surface area (Å²) in [5.41, 5.74) is 0. The lowest BCUT2D eigenvalue weighted by Crippen LogP contribution is -2.36. The molecule has 0 spiro atoms. The van der Waals surface area contributed by atoms with Gasteiger partial charge in [-0.2, -0.15) is 0 Å². The summed E-state index contributed by atoms with van der Waals surface area (Å²) in [7, 11) is 0. The summed E-state index contributed by atoms with van der Waals surface area (Å²) in [5.74, 6) is 0.0137. The Hall–Kier alpha value is -1.85. The number of carbonyl (C=O) groups is 3. The second-order valence-electron chi connectivity index (χ2n) is 10.3. The average molecular weight is 510 g/mol. The third-order valence-corrected chi connectivity index (χ3v) is 6.52. The van der Waals surface area contributed by atoms with E-state index in [2.05, 4.69) is 34.3 Å². The highest BCUT2D eigenvalue weighted by atomic mass is 16.5. The van der Waals surface area contributed by atoms with Crippen LogP contribution in [0.3, 0.4) is 0 Å². The van der Waals surface area contributed by atoms with Crippen molar-refractivity contribution in [2.45, 2.75) is 124 Å². The van der Waals surface area contributed by atoms with E-state index in [0.717, 1.165) is 70.1 Å². The first-order valence-corrected chi connectivity index (χ1v) is 14.6. The van der Waals surface area contributed by atoms with E-state index in [9.17, 15) is 14.4 Å². The molecule has 210 valence electrons. The Morgan fingerprint density at radius 1 is 0.750 bits per heavy atom. The molecular weight excluding hydrogens is 454 g/mol. The first-order chi connectivity index (χ1) is 17.3. The van der Waals surface area contributed by atoms with Gasteiger partial charge in [0.1, 0.15) is 13.2 Å². The van der Waals surface area contributed by atoms with Crippen molar-refractivity contribution in [3.05, 3.63) is 12.7 Å². The van der Waals surface area contributed by atoms with E-state index in [1.165, 1.54) is 36.7 Å². The van der Waals surface area contributed by atoms with E-state index >= 15 is 0 Å². The van der Waals surface area contributed by atoms with Gasteiger partial charge in [0, 0.05) is 6.42 Å². The molecule has 0 aliphatic heterocycles. The number of ether oxygens (including phenoxy) is 2. The lowest BCUT2D eigenvalue weighted by Gasteiger charge is -2.22. The fourth-order valence-corrected chi connectivity index (χ4v) is 4.19. The van der Waals surface area contributed by atoms with E-state index in [4.69, 9.17) is 9.47 Å². The van der Waals surface area contributed by atoms with E-state index in [1.807, 2.05) is 0 Å². The number of unbranched alkanes of at least 4 members (excludes halogenated alkanes) is 8. The number of amides is 1. The summed E-state index contributed by atoms with van der Waals surface area (Å²) in [6.45, 7) is 13.2. The highest BCUT2D eigenvalue weighted by Crippen LogP contribution is 2.19. The summed E-state index contributed by atoms with van der Waals surface area (Å²) in [4.78, 5) is 38.5. The number of hydrogen-bond acceptors (Lipinski definition) is 5. The van der Waals surface area contributed by atoms with Crippen LogP contribution < -0.4 is 0 Å². The Balaban J connectivity index is 4.37. The smallest absolute Gasteiger partial charge is 0.308 e. The topological polar surface area (TPSA) is 72.9 Å². The number of carbonyl (C=O) groups excluding carboxylic acids is 3. The molecule has 0 rings (SSSR count).